The van der Waals surface area contributed by atoms with Crippen molar-refractivity contribution in [1.29, 1.82) is 0 Å². The van der Waals surface area contributed by atoms with Gasteiger partial charge in [0.2, 0.25) is 5.89 Å². The molecular weight excluding hydrogens is 406 g/mol. The second-order valence-electron chi connectivity index (χ2n) is 7.21. The molecule has 9 nitrogen and oxygen atoms in total. The molecule has 3 aromatic heterocycles. The Hall–Kier alpha value is -4.40. The maximum atomic E-state index is 12.6. The smallest absolute Gasteiger partial charge is 0.272 e. The number of carbonyl (C=O) groups excluding carboxylic acids is 1. The van der Waals surface area contributed by atoms with Crippen molar-refractivity contribution in [3.8, 4) is 23.0 Å². The number of hydrogen-bond donors (Lipinski definition) is 1. The number of anilines is 1. The molecule has 0 unspecified atom stereocenters. The van der Waals surface area contributed by atoms with Gasteiger partial charge in [-0.05, 0) is 36.3 Å². The Labute approximate surface area is 185 Å². The summed E-state index contributed by atoms with van der Waals surface area (Å²) in [5.41, 5.74) is 9.27. The van der Waals surface area contributed by atoms with E-state index in [1.54, 1.807) is 35.5 Å². The monoisotopic (exact) mass is 427 g/mol. The molecule has 160 valence electrons. The summed E-state index contributed by atoms with van der Waals surface area (Å²) in [7, 11) is 0. The number of nitrogen functional groups attached to an aromatic ring is 1. The molecule has 9 heteroatoms. The summed E-state index contributed by atoms with van der Waals surface area (Å²) in [6, 6.07) is 14.8. The van der Waals surface area contributed by atoms with Crippen LogP contribution in [0.5, 0.6) is 0 Å². The van der Waals surface area contributed by atoms with Crippen molar-refractivity contribution in [1.82, 2.24) is 30.0 Å². The van der Waals surface area contributed by atoms with Gasteiger partial charge in [-0.25, -0.2) is 9.97 Å². The van der Waals surface area contributed by atoms with Crippen LogP contribution in [0.15, 0.2) is 71.4 Å². The molecule has 2 N–H and O–H groups in total. The zero-order valence-corrected chi connectivity index (χ0v) is 17.0. The van der Waals surface area contributed by atoms with E-state index < -0.39 is 0 Å². The highest BCUT2D eigenvalue weighted by Crippen LogP contribution is 2.28. The van der Waals surface area contributed by atoms with Crippen LogP contribution in [-0.4, -0.2) is 49.0 Å². The van der Waals surface area contributed by atoms with Gasteiger partial charge in [0.1, 0.15) is 5.69 Å². The van der Waals surface area contributed by atoms with E-state index in [9.17, 15) is 4.79 Å². The van der Waals surface area contributed by atoms with E-state index >= 15 is 0 Å². The zero-order chi connectivity index (χ0) is 21.9. The Kier molecular flexibility index (Phi) is 5.12. The lowest BCUT2D eigenvalue weighted by Crippen LogP contribution is -2.35. The summed E-state index contributed by atoms with van der Waals surface area (Å²) in [4.78, 5) is 27.4. The van der Waals surface area contributed by atoms with E-state index in [-0.39, 0.29) is 19.0 Å². The van der Waals surface area contributed by atoms with Crippen LogP contribution in [0, 0.1) is 0 Å². The summed E-state index contributed by atoms with van der Waals surface area (Å²) in [6.45, 7) is 1.02. The van der Waals surface area contributed by atoms with Gasteiger partial charge in [0.15, 0.2) is 11.5 Å². The molecule has 32 heavy (non-hydrogen) atoms. The Morgan fingerprint density at radius 2 is 1.84 bits per heavy atom. The molecule has 1 amide bonds. The minimum atomic E-state index is -0.0933. The first-order chi connectivity index (χ1) is 15.7. The van der Waals surface area contributed by atoms with Crippen molar-refractivity contribution in [3.05, 3.63) is 78.4 Å². The maximum Gasteiger partial charge on any atom is 0.272 e. The Balaban J connectivity index is 0.00000259. The number of amides is 1. The molecule has 5 rings (SSSR count). The van der Waals surface area contributed by atoms with Crippen LogP contribution >= 0.6 is 0 Å². The highest BCUT2D eigenvalue weighted by Gasteiger charge is 2.22. The molecule has 1 aromatic carbocycles. The number of hydrogen-bond acceptors (Lipinski definition) is 8. The molecule has 0 radical (unpaired) electrons. The van der Waals surface area contributed by atoms with Gasteiger partial charge in [-0.1, -0.05) is 30.3 Å². The van der Waals surface area contributed by atoms with Gasteiger partial charge in [-0.15, -0.1) is 10.2 Å². The molecule has 4 aromatic rings. The molecule has 0 atom stereocenters. The SMILES string of the molecule is Nc1ncc(C2=CCN(C(=O)c3ccccn3)CC2)nc1-c1nnc(-c2ccccc2)o1.[HH]. The summed E-state index contributed by atoms with van der Waals surface area (Å²) >= 11 is 0. The summed E-state index contributed by atoms with van der Waals surface area (Å²) in [5.74, 6) is 0.705. The topological polar surface area (TPSA) is 124 Å². The van der Waals surface area contributed by atoms with Crippen LogP contribution < -0.4 is 5.73 Å². The average molecular weight is 427 g/mol. The first-order valence-electron chi connectivity index (χ1n) is 10.1. The molecule has 0 aliphatic carbocycles. The maximum absolute atomic E-state index is 12.6. The van der Waals surface area contributed by atoms with Crippen LogP contribution in [0.3, 0.4) is 0 Å². The number of aromatic nitrogens is 5. The van der Waals surface area contributed by atoms with Crippen molar-refractivity contribution < 1.29 is 10.6 Å². The van der Waals surface area contributed by atoms with Crippen molar-refractivity contribution >= 4 is 17.3 Å². The van der Waals surface area contributed by atoms with E-state index in [0.717, 1.165) is 11.1 Å². The highest BCUT2D eigenvalue weighted by atomic mass is 16.4. The molecule has 1 aliphatic rings. The highest BCUT2D eigenvalue weighted by molar-refractivity contribution is 5.92. The number of carbonyl (C=O) groups is 1. The first-order valence-corrected chi connectivity index (χ1v) is 10.1. The van der Waals surface area contributed by atoms with Crippen molar-refractivity contribution in [3.63, 3.8) is 0 Å². The van der Waals surface area contributed by atoms with Gasteiger partial charge in [0, 0.05) is 26.3 Å². The third-order valence-electron chi connectivity index (χ3n) is 5.16. The van der Waals surface area contributed by atoms with Gasteiger partial charge in [0.05, 0.1) is 11.9 Å². The first kappa shape index (κ1) is 19.6. The van der Waals surface area contributed by atoms with Crippen molar-refractivity contribution in [2.24, 2.45) is 0 Å². The van der Waals surface area contributed by atoms with Gasteiger partial charge < -0.3 is 15.1 Å². The fraction of sp³-hybridized carbons (Fsp3) is 0.130. The van der Waals surface area contributed by atoms with Gasteiger partial charge in [0.25, 0.3) is 11.8 Å². The minimum absolute atomic E-state index is 0. The fourth-order valence-corrected chi connectivity index (χ4v) is 3.46. The van der Waals surface area contributed by atoms with Crippen LogP contribution in [0.1, 0.15) is 24.0 Å². The van der Waals surface area contributed by atoms with E-state index in [0.29, 0.717) is 42.5 Å². The molecule has 0 fully saturated rings. The van der Waals surface area contributed by atoms with Gasteiger partial charge >= 0.3 is 0 Å². The normalized spacial score (nSPS) is 13.6. The predicted molar refractivity (Wildman–Crippen MR) is 120 cm³/mol. The number of benzene rings is 1. The van der Waals surface area contributed by atoms with Gasteiger partial charge in [-0.2, -0.15) is 0 Å². The quantitative estimate of drug-likeness (QED) is 0.526. The lowest BCUT2D eigenvalue weighted by atomic mass is 10.0. The molecule has 1 aliphatic heterocycles. The zero-order valence-electron chi connectivity index (χ0n) is 17.0. The molecule has 0 saturated carbocycles. The van der Waals surface area contributed by atoms with Crippen LogP contribution in [0.2, 0.25) is 0 Å². The molecule has 0 saturated heterocycles. The number of rotatable bonds is 4. The Morgan fingerprint density at radius 1 is 1.03 bits per heavy atom. The third-order valence-corrected chi connectivity index (χ3v) is 5.16. The summed E-state index contributed by atoms with van der Waals surface area (Å²) in [5, 5.41) is 8.20. The standard InChI is InChI=1S/C23H19N7O2.H2/c24-20-19(22-29-28-21(32-22)16-6-2-1-3-7-16)27-18(14-26-20)15-9-12-30(13-10-15)23(31)17-8-4-5-11-25-17;/h1-9,11,14H,10,12-13H2,(H2,24,26);1H. The van der Waals surface area contributed by atoms with E-state index in [4.69, 9.17) is 10.2 Å². The van der Waals surface area contributed by atoms with Crippen LogP contribution in [0.25, 0.3) is 28.6 Å². The minimum Gasteiger partial charge on any atom is -0.414 e. The van der Waals surface area contributed by atoms with Crippen molar-refractivity contribution in [2.45, 2.75) is 6.42 Å². The fourth-order valence-electron chi connectivity index (χ4n) is 3.46. The Morgan fingerprint density at radius 3 is 2.59 bits per heavy atom. The Bertz CT molecular complexity index is 1290. The second-order valence-corrected chi connectivity index (χ2v) is 7.21. The summed E-state index contributed by atoms with van der Waals surface area (Å²) in [6.07, 6.45) is 5.84. The summed E-state index contributed by atoms with van der Waals surface area (Å²) < 4.78 is 5.79. The number of nitrogens with two attached hydrogens (primary N) is 1. The predicted octanol–water partition coefficient (Wildman–Crippen LogP) is 3.35. The molecular formula is C23H21N7O2. The second kappa shape index (κ2) is 8.38. The van der Waals surface area contributed by atoms with E-state index in [1.807, 2.05) is 36.4 Å². The van der Waals surface area contributed by atoms with Crippen LogP contribution in [0.4, 0.5) is 5.82 Å². The average Bonchev–Trinajstić information content (AvgIpc) is 3.35. The number of nitrogens with zero attached hydrogens (tertiary/aromatic N) is 6. The number of pyridine rings is 1. The largest absolute Gasteiger partial charge is 0.414 e. The van der Waals surface area contributed by atoms with E-state index in [2.05, 4.69) is 25.1 Å². The lowest BCUT2D eigenvalue weighted by Gasteiger charge is -2.26. The lowest BCUT2D eigenvalue weighted by molar-refractivity contribution is 0.0767. The van der Waals surface area contributed by atoms with Gasteiger partial charge in [-0.3, -0.25) is 9.78 Å². The van der Waals surface area contributed by atoms with Crippen molar-refractivity contribution in [2.75, 3.05) is 18.8 Å². The molecule has 4 heterocycles. The molecule has 0 spiro atoms. The van der Waals surface area contributed by atoms with E-state index in [1.165, 1.54) is 0 Å². The third kappa shape index (κ3) is 3.83. The van der Waals surface area contributed by atoms with Crippen LogP contribution in [-0.2, 0) is 0 Å². The molecule has 0 bridgehead atoms.